The van der Waals surface area contributed by atoms with Gasteiger partial charge in [0.2, 0.25) is 0 Å². The van der Waals surface area contributed by atoms with Crippen molar-refractivity contribution in [1.82, 2.24) is 0 Å². The highest BCUT2D eigenvalue weighted by Gasteiger charge is 2.10. The standard InChI is InChI=1S/C14H14BClO3/c16-14-6-4-11(5-7-14)9-19-10-12-2-1-3-13(8-12)15(17)18/h1-8,17-18H,9-10H2. The summed E-state index contributed by atoms with van der Waals surface area (Å²) in [5.74, 6) is 0. The number of rotatable bonds is 5. The molecule has 0 unspecified atom stereocenters. The number of hydrogen-bond acceptors (Lipinski definition) is 3. The molecule has 0 bridgehead atoms. The largest absolute Gasteiger partial charge is 0.488 e. The van der Waals surface area contributed by atoms with E-state index < -0.39 is 7.12 Å². The van der Waals surface area contributed by atoms with Gasteiger partial charge in [-0.1, -0.05) is 48.0 Å². The fraction of sp³-hybridized carbons (Fsp3) is 0.143. The predicted molar refractivity (Wildman–Crippen MR) is 76.2 cm³/mol. The van der Waals surface area contributed by atoms with E-state index in [1.54, 1.807) is 18.2 Å². The van der Waals surface area contributed by atoms with Crippen molar-refractivity contribution >= 4 is 24.2 Å². The van der Waals surface area contributed by atoms with Gasteiger partial charge in [0.15, 0.2) is 0 Å². The van der Waals surface area contributed by atoms with Crippen molar-refractivity contribution in [3.8, 4) is 0 Å². The Balaban J connectivity index is 1.88. The molecule has 0 aliphatic heterocycles. The molecule has 2 N–H and O–H groups in total. The topological polar surface area (TPSA) is 49.7 Å². The van der Waals surface area contributed by atoms with E-state index in [9.17, 15) is 0 Å². The Labute approximate surface area is 117 Å². The van der Waals surface area contributed by atoms with E-state index in [4.69, 9.17) is 26.4 Å². The zero-order valence-electron chi connectivity index (χ0n) is 10.3. The lowest BCUT2D eigenvalue weighted by atomic mass is 9.80. The van der Waals surface area contributed by atoms with Gasteiger partial charge in [0, 0.05) is 5.02 Å². The van der Waals surface area contributed by atoms with Crippen molar-refractivity contribution < 1.29 is 14.8 Å². The molecule has 0 saturated carbocycles. The van der Waals surface area contributed by atoms with Crippen molar-refractivity contribution in [1.29, 1.82) is 0 Å². The minimum Gasteiger partial charge on any atom is -0.423 e. The quantitative estimate of drug-likeness (QED) is 0.818. The van der Waals surface area contributed by atoms with E-state index in [1.807, 2.05) is 30.3 Å². The summed E-state index contributed by atoms with van der Waals surface area (Å²) < 4.78 is 5.57. The van der Waals surface area contributed by atoms with Crippen LogP contribution in [-0.2, 0) is 18.0 Å². The van der Waals surface area contributed by atoms with E-state index in [1.165, 1.54) is 0 Å². The number of halogens is 1. The third-order valence-corrected chi connectivity index (χ3v) is 2.95. The minimum absolute atomic E-state index is 0.420. The molecule has 0 aromatic heterocycles. The van der Waals surface area contributed by atoms with Crippen molar-refractivity contribution in [3.05, 3.63) is 64.7 Å². The molecule has 3 nitrogen and oxygen atoms in total. The van der Waals surface area contributed by atoms with Crippen LogP contribution in [0.1, 0.15) is 11.1 Å². The first-order valence-corrected chi connectivity index (χ1v) is 6.30. The van der Waals surface area contributed by atoms with Crippen LogP contribution in [0.3, 0.4) is 0 Å². The number of ether oxygens (including phenoxy) is 1. The zero-order valence-corrected chi connectivity index (χ0v) is 11.0. The summed E-state index contributed by atoms with van der Waals surface area (Å²) >= 11 is 5.80. The second kappa shape index (κ2) is 6.73. The van der Waals surface area contributed by atoms with Gasteiger partial charge >= 0.3 is 7.12 Å². The van der Waals surface area contributed by atoms with Gasteiger partial charge < -0.3 is 14.8 Å². The van der Waals surface area contributed by atoms with Gasteiger partial charge in [0.05, 0.1) is 13.2 Å². The fourth-order valence-corrected chi connectivity index (χ4v) is 1.84. The van der Waals surface area contributed by atoms with Gasteiger partial charge in [-0.25, -0.2) is 0 Å². The first-order chi connectivity index (χ1) is 9.15. The molecule has 0 saturated heterocycles. The van der Waals surface area contributed by atoms with Crippen molar-refractivity contribution in [2.75, 3.05) is 0 Å². The van der Waals surface area contributed by atoms with Gasteiger partial charge in [0.25, 0.3) is 0 Å². The zero-order chi connectivity index (χ0) is 13.7. The number of benzene rings is 2. The monoisotopic (exact) mass is 276 g/mol. The Kier molecular flexibility index (Phi) is 4.99. The van der Waals surface area contributed by atoms with Crippen LogP contribution >= 0.6 is 11.6 Å². The summed E-state index contributed by atoms with van der Waals surface area (Å²) in [5.41, 5.74) is 2.41. The van der Waals surface area contributed by atoms with Crippen molar-refractivity contribution in [3.63, 3.8) is 0 Å². The summed E-state index contributed by atoms with van der Waals surface area (Å²) in [5, 5.41) is 18.9. The van der Waals surface area contributed by atoms with Crippen LogP contribution in [-0.4, -0.2) is 17.2 Å². The van der Waals surface area contributed by atoms with Crippen LogP contribution in [0.15, 0.2) is 48.5 Å². The molecule has 0 spiro atoms. The molecule has 5 heteroatoms. The van der Waals surface area contributed by atoms with Crippen LogP contribution < -0.4 is 5.46 Å². The van der Waals surface area contributed by atoms with E-state index in [2.05, 4.69) is 0 Å². The molecule has 0 heterocycles. The molecule has 0 amide bonds. The van der Waals surface area contributed by atoms with Crippen molar-refractivity contribution in [2.45, 2.75) is 13.2 Å². The molecular weight excluding hydrogens is 262 g/mol. The molecule has 0 fully saturated rings. The Bertz CT molecular complexity index is 528. The van der Waals surface area contributed by atoms with E-state index in [0.717, 1.165) is 11.1 Å². The lowest BCUT2D eigenvalue weighted by molar-refractivity contribution is 0.107. The molecule has 0 atom stereocenters. The molecule has 19 heavy (non-hydrogen) atoms. The highest BCUT2D eigenvalue weighted by molar-refractivity contribution is 6.58. The molecule has 0 radical (unpaired) electrons. The summed E-state index contributed by atoms with van der Waals surface area (Å²) in [6.07, 6.45) is 0. The normalized spacial score (nSPS) is 10.5. The maximum absolute atomic E-state index is 9.08. The molecule has 2 rings (SSSR count). The Morgan fingerprint density at radius 2 is 1.63 bits per heavy atom. The average molecular weight is 277 g/mol. The molecular formula is C14H14BClO3. The van der Waals surface area contributed by atoms with Crippen LogP contribution in [0, 0.1) is 0 Å². The maximum Gasteiger partial charge on any atom is 0.488 e. The van der Waals surface area contributed by atoms with Gasteiger partial charge in [0.1, 0.15) is 0 Å². The molecule has 2 aromatic rings. The Morgan fingerprint density at radius 1 is 0.947 bits per heavy atom. The summed E-state index contributed by atoms with van der Waals surface area (Å²) in [6, 6.07) is 14.5. The van der Waals surface area contributed by atoms with Gasteiger partial charge in [-0.2, -0.15) is 0 Å². The van der Waals surface area contributed by atoms with Gasteiger partial charge in [-0.3, -0.25) is 0 Å². The van der Waals surface area contributed by atoms with E-state index >= 15 is 0 Å². The number of hydrogen-bond donors (Lipinski definition) is 2. The smallest absolute Gasteiger partial charge is 0.423 e. The van der Waals surface area contributed by atoms with Gasteiger partial charge in [-0.05, 0) is 28.7 Å². The molecule has 0 aliphatic carbocycles. The van der Waals surface area contributed by atoms with E-state index in [-0.39, 0.29) is 0 Å². The van der Waals surface area contributed by atoms with Crippen LogP contribution in [0.4, 0.5) is 0 Å². The van der Waals surface area contributed by atoms with Crippen LogP contribution in [0.2, 0.25) is 5.02 Å². The first kappa shape index (κ1) is 14.1. The molecule has 0 aliphatic rings. The van der Waals surface area contributed by atoms with Gasteiger partial charge in [-0.15, -0.1) is 0 Å². The van der Waals surface area contributed by atoms with Crippen LogP contribution in [0.5, 0.6) is 0 Å². The average Bonchev–Trinajstić information content (AvgIpc) is 2.41. The maximum atomic E-state index is 9.08. The summed E-state index contributed by atoms with van der Waals surface area (Å²) in [4.78, 5) is 0. The third kappa shape index (κ3) is 4.37. The van der Waals surface area contributed by atoms with Crippen LogP contribution in [0.25, 0.3) is 0 Å². The second-order valence-corrected chi connectivity index (χ2v) is 4.67. The van der Waals surface area contributed by atoms with E-state index in [0.29, 0.717) is 23.7 Å². The Morgan fingerprint density at radius 3 is 2.32 bits per heavy atom. The first-order valence-electron chi connectivity index (χ1n) is 5.92. The SMILES string of the molecule is OB(O)c1cccc(COCc2ccc(Cl)cc2)c1. The Hall–Kier alpha value is -1.33. The highest BCUT2D eigenvalue weighted by Crippen LogP contribution is 2.11. The fourth-order valence-electron chi connectivity index (χ4n) is 1.71. The summed E-state index contributed by atoms with van der Waals surface area (Å²) in [6.45, 7) is 0.909. The molecule has 2 aromatic carbocycles. The summed E-state index contributed by atoms with van der Waals surface area (Å²) in [7, 11) is -1.45. The lowest BCUT2D eigenvalue weighted by Crippen LogP contribution is -2.29. The predicted octanol–water partition coefficient (Wildman–Crippen LogP) is 1.74. The second-order valence-electron chi connectivity index (χ2n) is 4.24. The highest BCUT2D eigenvalue weighted by atomic mass is 35.5. The lowest BCUT2D eigenvalue weighted by Gasteiger charge is -2.06. The van der Waals surface area contributed by atoms with Crippen molar-refractivity contribution in [2.24, 2.45) is 0 Å². The third-order valence-electron chi connectivity index (χ3n) is 2.70. The molecule has 98 valence electrons. The minimum atomic E-state index is -1.45.